The molecule has 1 saturated heterocycles. The highest BCUT2D eigenvalue weighted by Gasteiger charge is 2.21. The van der Waals surface area contributed by atoms with E-state index in [1.807, 2.05) is 0 Å². The molecule has 0 unspecified atom stereocenters. The molecule has 7 heteroatoms. The molecule has 0 radical (unpaired) electrons. The van der Waals surface area contributed by atoms with E-state index >= 15 is 0 Å². The van der Waals surface area contributed by atoms with Gasteiger partial charge in [0.05, 0.1) is 13.2 Å². The van der Waals surface area contributed by atoms with Crippen LogP contribution in [0.3, 0.4) is 0 Å². The Morgan fingerprint density at radius 3 is 2.95 bits per heavy atom. The zero-order valence-electron chi connectivity index (χ0n) is 10.7. The Hall–Kier alpha value is -2.02. The first-order valence-corrected chi connectivity index (χ1v) is 6.32. The van der Waals surface area contributed by atoms with Crippen LogP contribution in [-0.4, -0.2) is 34.0 Å². The Morgan fingerprint density at radius 2 is 2.26 bits per heavy atom. The summed E-state index contributed by atoms with van der Waals surface area (Å²) < 4.78 is 10.3. The lowest BCUT2D eigenvalue weighted by Gasteiger charge is -2.19. The van der Waals surface area contributed by atoms with Crippen LogP contribution in [0.5, 0.6) is 5.88 Å². The largest absolute Gasteiger partial charge is 0.480 e. The number of ether oxygens (including phenoxy) is 1. The molecule has 0 bridgehead atoms. The van der Waals surface area contributed by atoms with E-state index in [9.17, 15) is 0 Å². The molecule has 1 aliphatic rings. The van der Waals surface area contributed by atoms with Crippen LogP contribution >= 0.6 is 0 Å². The summed E-state index contributed by atoms with van der Waals surface area (Å²) in [6.45, 7) is 0.991. The third-order valence-corrected chi connectivity index (χ3v) is 3.13. The maximum atomic E-state index is 5.29. The van der Waals surface area contributed by atoms with Gasteiger partial charge in [-0.05, 0) is 25.5 Å². The topological polar surface area (TPSA) is 86.0 Å². The number of aromatic nitrogens is 4. The van der Waals surface area contributed by atoms with Crippen molar-refractivity contribution in [1.29, 1.82) is 0 Å². The van der Waals surface area contributed by atoms with Crippen molar-refractivity contribution in [3.05, 3.63) is 18.0 Å². The van der Waals surface area contributed by atoms with Crippen molar-refractivity contribution < 1.29 is 9.26 Å². The molecule has 7 nitrogen and oxygen atoms in total. The predicted molar refractivity (Wildman–Crippen MR) is 66.5 cm³/mol. The predicted octanol–water partition coefficient (Wildman–Crippen LogP) is 1.35. The van der Waals surface area contributed by atoms with Gasteiger partial charge in [0.15, 0.2) is 0 Å². The average molecular weight is 261 g/mol. The molecule has 3 rings (SSSR count). The van der Waals surface area contributed by atoms with Crippen LogP contribution in [0.15, 0.2) is 16.7 Å². The van der Waals surface area contributed by atoms with Crippen molar-refractivity contribution in [2.75, 3.05) is 13.7 Å². The van der Waals surface area contributed by atoms with Crippen LogP contribution in [0, 0.1) is 0 Å². The summed E-state index contributed by atoms with van der Waals surface area (Å²) in [4.78, 5) is 4.38. The zero-order valence-corrected chi connectivity index (χ0v) is 10.7. The lowest BCUT2D eigenvalue weighted by molar-refractivity contribution is 0.297. The summed E-state index contributed by atoms with van der Waals surface area (Å²) in [5.41, 5.74) is 0.576. The van der Waals surface area contributed by atoms with Crippen molar-refractivity contribution in [1.82, 2.24) is 25.7 Å². The van der Waals surface area contributed by atoms with Crippen molar-refractivity contribution in [2.45, 2.75) is 25.3 Å². The molecule has 2 aromatic heterocycles. The number of methoxy groups -OCH3 is 1. The van der Waals surface area contributed by atoms with Gasteiger partial charge >= 0.3 is 0 Å². The fourth-order valence-corrected chi connectivity index (χ4v) is 2.09. The molecular weight excluding hydrogens is 246 g/mol. The number of hydrogen-bond donors (Lipinski definition) is 1. The van der Waals surface area contributed by atoms with Gasteiger partial charge in [-0.1, -0.05) is 11.6 Å². The maximum absolute atomic E-state index is 5.29. The van der Waals surface area contributed by atoms with Crippen molar-refractivity contribution in [3.8, 4) is 17.4 Å². The molecule has 0 aromatic carbocycles. The molecule has 1 aliphatic heterocycles. The summed E-state index contributed by atoms with van der Waals surface area (Å²) in [7, 11) is 1.55. The summed E-state index contributed by atoms with van der Waals surface area (Å²) >= 11 is 0. The Balaban J connectivity index is 1.79. The highest BCUT2D eigenvalue weighted by molar-refractivity contribution is 5.47. The fraction of sp³-hybridized carbons (Fsp3) is 0.500. The van der Waals surface area contributed by atoms with Gasteiger partial charge in [-0.25, -0.2) is 0 Å². The summed E-state index contributed by atoms with van der Waals surface area (Å²) in [5.74, 6) is 1.53. The van der Waals surface area contributed by atoms with Gasteiger partial charge in [0.1, 0.15) is 5.69 Å². The Kier molecular flexibility index (Phi) is 3.37. The first-order chi connectivity index (χ1) is 9.36. The maximum Gasteiger partial charge on any atom is 0.244 e. The van der Waals surface area contributed by atoms with Crippen LogP contribution in [0.2, 0.25) is 0 Å². The smallest absolute Gasteiger partial charge is 0.244 e. The molecule has 1 atom stereocenters. The van der Waals surface area contributed by atoms with E-state index < -0.39 is 0 Å². The van der Waals surface area contributed by atoms with E-state index in [1.54, 1.807) is 19.2 Å². The minimum atomic E-state index is 0.154. The van der Waals surface area contributed by atoms with Crippen LogP contribution < -0.4 is 10.1 Å². The standard InChI is InChI=1S/C12H15N5O2/c1-18-10-6-5-8(15-16-10)11-14-12(19-17-11)9-4-2-3-7-13-9/h5-6,9,13H,2-4,7H2,1H3/t9-/m1/s1. The van der Waals surface area contributed by atoms with E-state index in [1.165, 1.54) is 12.8 Å². The molecule has 1 N–H and O–H groups in total. The molecule has 0 aliphatic carbocycles. The lowest BCUT2D eigenvalue weighted by atomic mass is 10.1. The molecule has 100 valence electrons. The summed E-state index contributed by atoms with van der Waals surface area (Å²) in [6, 6.07) is 3.63. The minimum Gasteiger partial charge on any atom is -0.480 e. The van der Waals surface area contributed by atoms with Gasteiger partial charge in [0.25, 0.3) is 0 Å². The third-order valence-electron chi connectivity index (χ3n) is 3.13. The van der Waals surface area contributed by atoms with Crippen LogP contribution in [0.1, 0.15) is 31.2 Å². The van der Waals surface area contributed by atoms with Crippen molar-refractivity contribution in [2.24, 2.45) is 0 Å². The molecule has 0 spiro atoms. The Bertz CT molecular complexity index is 533. The van der Waals surface area contributed by atoms with E-state index in [0.29, 0.717) is 23.3 Å². The Morgan fingerprint density at radius 1 is 1.32 bits per heavy atom. The minimum absolute atomic E-state index is 0.154. The quantitative estimate of drug-likeness (QED) is 0.892. The number of nitrogens with zero attached hydrogens (tertiary/aromatic N) is 4. The molecular formula is C12H15N5O2. The number of rotatable bonds is 3. The highest BCUT2D eigenvalue weighted by atomic mass is 16.5. The van der Waals surface area contributed by atoms with E-state index in [4.69, 9.17) is 9.26 Å². The highest BCUT2D eigenvalue weighted by Crippen LogP contribution is 2.23. The molecule has 2 aromatic rings. The van der Waals surface area contributed by atoms with Gasteiger partial charge in [-0.2, -0.15) is 4.98 Å². The van der Waals surface area contributed by atoms with Gasteiger partial charge in [0, 0.05) is 6.07 Å². The monoisotopic (exact) mass is 261 g/mol. The summed E-state index contributed by atoms with van der Waals surface area (Å²) in [6.07, 6.45) is 3.40. The lowest BCUT2D eigenvalue weighted by Crippen LogP contribution is -2.26. The molecule has 0 saturated carbocycles. The second kappa shape index (κ2) is 5.31. The zero-order chi connectivity index (χ0) is 13.1. The first kappa shape index (κ1) is 12.0. The van der Waals surface area contributed by atoms with E-state index in [-0.39, 0.29) is 6.04 Å². The third kappa shape index (κ3) is 2.55. The van der Waals surface area contributed by atoms with Crippen molar-refractivity contribution >= 4 is 0 Å². The first-order valence-electron chi connectivity index (χ1n) is 6.32. The van der Waals surface area contributed by atoms with Gasteiger partial charge in [0.2, 0.25) is 17.6 Å². The Labute approximate surface area is 110 Å². The van der Waals surface area contributed by atoms with E-state index in [2.05, 4.69) is 25.7 Å². The molecule has 0 amide bonds. The fourth-order valence-electron chi connectivity index (χ4n) is 2.09. The van der Waals surface area contributed by atoms with Crippen LogP contribution in [-0.2, 0) is 0 Å². The van der Waals surface area contributed by atoms with Gasteiger partial charge in [-0.3, -0.25) is 0 Å². The van der Waals surface area contributed by atoms with Crippen molar-refractivity contribution in [3.63, 3.8) is 0 Å². The SMILES string of the molecule is COc1ccc(-c2noc([C@H]3CCCCN3)n2)nn1. The van der Waals surface area contributed by atoms with Crippen LogP contribution in [0.25, 0.3) is 11.5 Å². The molecule has 3 heterocycles. The average Bonchev–Trinajstić information content (AvgIpc) is 2.98. The van der Waals surface area contributed by atoms with Gasteiger partial charge in [-0.15, -0.1) is 10.2 Å². The summed E-state index contributed by atoms with van der Waals surface area (Å²) in [5, 5.41) is 15.2. The van der Waals surface area contributed by atoms with Crippen LogP contribution in [0.4, 0.5) is 0 Å². The molecule has 19 heavy (non-hydrogen) atoms. The number of hydrogen-bond acceptors (Lipinski definition) is 7. The molecule has 1 fully saturated rings. The van der Waals surface area contributed by atoms with Gasteiger partial charge < -0.3 is 14.6 Å². The second-order valence-electron chi connectivity index (χ2n) is 4.42. The number of piperidine rings is 1. The number of nitrogens with one attached hydrogen (secondary N) is 1. The normalized spacial score (nSPS) is 19.3. The second-order valence-corrected chi connectivity index (χ2v) is 4.42. The van der Waals surface area contributed by atoms with E-state index in [0.717, 1.165) is 13.0 Å².